The molecule has 0 aliphatic rings. The first-order valence-corrected chi connectivity index (χ1v) is 6.77. The van der Waals surface area contributed by atoms with E-state index in [9.17, 15) is 13.2 Å². The van der Waals surface area contributed by atoms with Gasteiger partial charge in [-0.2, -0.15) is 18.3 Å². The third-order valence-corrected chi connectivity index (χ3v) is 3.51. The number of benzene rings is 1. The van der Waals surface area contributed by atoms with E-state index in [1.54, 1.807) is 23.0 Å². The van der Waals surface area contributed by atoms with Crippen LogP contribution < -0.4 is 5.32 Å². The first kappa shape index (κ1) is 14.8. The Kier molecular flexibility index (Phi) is 4.27. The van der Waals surface area contributed by atoms with Crippen LogP contribution in [0.2, 0.25) is 0 Å². The van der Waals surface area contributed by atoms with Crippen molar-refractivity contribution in [1.82, 2.24) is 9.78 Å². The van der Waals surface area contributed by atoms with E-state index in [2.05, 4.69) is 10.4 Å². The molecule has 2 aromatic rings. The van der Waals surface area contributed by atoms with E-state index in [1.807, 2.05) is 20.0 Å². The van der Waals surface area contributed by atoms with Crippen LogP contribution in [0.15, 0.2) is 41.4 Å². The fraction of sp³-hybridized carbons (Fsp3) is 0.308. The SMILES string of the molecule is CC(Nc1ccc(SC(F)(F)F)cc1)c1ccnn1C. The van der Waals surface area contributed by atoms with Crippen molar-refractivity contribution in [3.05, 3.63) is 42.2 Å². The highest BCUT2D eigenvalue weighted by molar-refractivity contribution is 8.00. The quantitative estimate of drug-likeness (QED) is 0.858. The first-order chi connectivity index (χ1) is 9.35. The average molecular weight is 301 g/mol. The Morgan fingerprint density at radius 1 is 1.20 bits per heavy atom. The lowest BCUT2D eigenvalue weighted by molar-refractivity contribution is -0.0328. The van der Waals surface area contributed by atoms with Crippen molar-refractivity contribution in [3.8, 4) is 0 Å². The van der Waals surface area contributed by atoms with E-state index in [0.717, 1.165) is 11.4 Å². The molecule has 7 heteroatoms. The van der Waals surface area contributed by atoms with Gasteiger partial charge in [0.1, 0.15) is 0 Å². The highest BCUT2D eigenvalue weighted by Crippen LogP contribution is 2.37. The molecular weight excluding hydrogens is 287 g/mol. The molecule has 2 rings (SSSR count). The predicted octanol–water partition coefficient (Wildman–Crippen LogP) is 4.21. The maximum Gasteiger partial charge on any atom is 0.446 e. The number of hydrogen-bond donors (Lipinski definition) is 1. The Morgan fingerprint density at radius 2 is 1.85 bits per heavy atom. The number of nitrogens with zero attached hydrogens (tertiary/aromatic N) is 2. The Bertz CT molecular complexity index is 563. The molecule has 0 amide bonds. The molecule has 1 unspecified atom stereocenters. The summed E-state index contributed by atoms with van der Waals surface area (Å²) in [5.74, 6) is 0. The molecule has 3 nitrogen and oxygen atoms in total. The van der Waals surface area contributed by atoms with Crippen LogP contribution >= 0.6 is 11.8 Å². The van der Waals surface area contributed by atoms with Gasteiger partial charge in [0, 0.05) is 23.8 Å². The summed E-state index contributed by atoms with van der Waals surface area (Å²) >= 11 is -0.113. The highest BCUT2D eigenvalue weighted by Gasteiger charge is 2.29. The van der Waals surface area contributed by atoms with Crippen molar-refractivity contribution in [2.24, 2.45) is 7.05 Å². The van der Waals surface area contributed by atoms with Crippen molar-refractivity contribution >= 4 is 17.4 Å². The van der Waals surface area contributed by atoms with Crippen LogP contribution in [0, 0.1) is 0 Å². The molecule has 1 aromatic heterocycles. The monoisotopic (exact) mass is 301 g/mol. The zero-order chi connectivity index (χ0) is 14.8. The number of alkyl halides is 3. The van der Waals surface area contributed by atoms with E-state index in [1.165, 1.54) is 12.1 Å². The fourth-order valence-electron chi connectivity index (χ4n) is 1.89. The number of aryl methyl sites for hydroxylation is 1. The summed E-state index contributed by atoms with van der Waals surface area (Å²) in [4.78, 5) is 0.177. The van der Waals surface area contributed by atoms with Crippen molar-refractivity contribution in [1.29, 1.82) is 0 Å². The van der Waals surface area contributed by atoms with Gasteiger partial charge in [-0.05, 0) is 49.0 Å². The summed E-state index contributed by atoms with van der Waals surface area (Å²) < 4.78 is 38.4. The minimum atomic E-state index is -4.25. The molecule has 0 spiro atoms. The molecule has 1 atom stereocenters. The number of thioether (sulfide) groups is 1. The molecular formula is C13H14F3N3S. The number of nitrogens with one attached hydrogen (secondary N) is 1. The van der Waals surface area contributed by atoms with Gasteiger partial charge in [0.2, 0.25) is 0 Å². The molecule has 1 heterocycles. The van der Waals surface area contributed by atoms with Gasteiger partial charge in [-0.1, -0.05) is 0 Å². The van der Waals surface area contributed by atoms with Gasteiger partial charge in [-0.25, -0.2) is 0 Å². The van der Waals surface area contributed by atoms with Gasteiger partial charge in [0.15, 0.2) is 0 Å². The minimum Gasteiger partial charge on any atom is -0.377 e. The summed E-state index contributed by atoms with van der Waals surface area (Å²) in [6, 6.07) is 8.10. The summed E-state index contributed by atoms with van der Waals surface area (Å²) in [5, 5.41) is 7.31. The van der Waals surface area contributed by atoms with Gasteiger partial charge in [-0.15, -0.1) is 0 Å². The van der Waals surface area contributed by atoms with E-state index in [-0.39, 0.29) is 22.7 Å². The largest absolute Gasteiger partial charge is 0.446 e. The lowest BCUT2D eigenvalue weighted by atomic mass is 10.2. The molecule has 1 N–H and O–H groups in total. The lowest BCUT2D eigenvalue weighted by Crippen LogP contribution is -2.11. The normalized spacial score (nSPS) is 13.2. The Morgan fingerprint density at radius 3 is 2.35 bits per heavy atom. The van der Waals surface area contributed by atoms with Crippen LogP contribution in [0.3, 0.4) is 0 Å². The summed E-state index contributed by atoms with van der Waals surface area (Å²) in [6.45, 7) is 1.97. The third-order valence-electron chi connectivity index (χ3n) is 2.77. The van der Waals surface area contributed by atoms with Crippen molar-refractivity contribution in [2.75, 3.05) is 5.32 Å². The average Bonchev–Trinajstić information content (AvgIpc) is 2.76. The maximum absolute atomic E-state index is 12.2. The number of hydrogen-bond acceptors (Lipinski definition) is 3. The molecule has 108 valence electrons. The maximum atomic E-state index is 12.2. The second-order valence-corrected chi connectivity index (χ2v) is 5.46. The number of halogens is 3. The van der Waals surface area contributed by atoms with Crippen molar-refractivity contribution in [2.45, 2.75) is 23.4 Å². The van der Waals surface area contributed by atoms with Crippen molar-refractivity contribution in [3.63, 3.8) is 0 Å². The molecule has 0 bridgehead atoms. The molecule has 0 aliphatic heterocycles. The van der Waals surface area contributed by atoms with Crippen LogP contribution in [0.5, 0.6) is 0 Å². The standard InChI is InChI=1S/C13H14F3N3S/c1-9(12-7-8-17-19(12)2)18-10-3-5-11(6-4-10)20-13(14,15)16/h3-9,18H,1-2H3. The zero-order valence-electron chi connectivity index (χ0n) is 11.0. The smallest absolute Gasteiger partial charge is 0.377 e. The number of aromatic nitrogens is 2. The summed E-state index contributed by atoms with van der Waals surface area (Å²) in [7, 11) is 1.84. The summed E-state index contributed by atoms with van der Waals surface area (Å²) in [5.41, 5.74) is -2.49. The minimum absolute atomic E-state index is 0.0172. The topological polar surface area (TPSA) is 29.9 Å². The molecule has 0 saturated heterocycles. The van der Waals surface area contributed by atoms with Crippen LogP contribution in [0.1, 0.15) is 18.7 Å². The molecule has 0 saturated carbocycles. The second kappa shape index (κ2) is 5.78. The summed E-state index contributed by atoms with van der Waals surface area (Å²) in [6.07, 6.45) is 1.70. The van der Waals surface area contributed by atoms with Crippen molar-refractivity contribution < 1.29 is 13.2 Å². The van der Waals surface area contributed by atoms with E-state index >= 15 is 0 Å². The van der Waals surface area contributed by atoms with Gasteiger partial charge < -0.3 is 5.32 Å². The fourth-order valence-corrected chi connectivity index (χ4v) is 2.43. The zero-order valence-corrected chi connectivity index (χ0v) is 11.8. The van der Waals surface area contributed by atoms with Gasteiger partial charge in [0.05, 0.1) is 11.7 Å². The Hall–Kier alpha value is -1.63. The molecule has 1 aromatic carbocycles. The highest BCUT2D eigenvalue weighted by atomic mass is 32.2. The number of rotatable bonds is 4. The number of anilines is 1. The lowest BCUT2D eigenvalue weighted by Gasteiger charge is -2.16. The third kappa shape index (κ3) is 3.93. The molecule has 20 heavy (non-hydrogen) atoms. The van der Waals surface area contributed by atoms with Crippen LogP contribution in [-0.2, 0) is 7.05 Å². The molecule has 0 radical (unpaired) electrons. The van der Waals surface area contributed by atoms with Gasteiger partial charge >= 0.3 is 5.51 Å². The van der Waals surface area contributed by atoms with Gasteiger partial charge in [-0.3, -0.25) is 4.68 Å². The van der Waals surface area contributed by atoms with Crippen LogP contribution in [0.25, 0.3) is 0 Å². The predicted molar refractivity (Wildman–Crippen MR) is 73.6 cm³/mol. The van der Waals surface area contributed by atoms with E-state index in [4.69, 9.17) is 0 Å². The van der Waals surface area contributed by atoms with E-state index in [0.29, 0.717) is 0 Å². The van der Waals surface area contributed by atoms with Crippen LogP contribution in [0.4, 0.5) is 18.9 Å². The second-order valence-electron chi connectivity index (χ2n) is 4.32. The van der Waals surface area contributed by atoms with E-state index < -0.39 is 5.51 Å². The Labute approximate surface area is 119 Å². The van der Waals surface area contributed by atoms with Crippen LogP contribution in [-0.4, -0.2) is 15.3 Å². The molecule has 0 aliphatic carbocycles. The Balaban J connectivity index is 2.02. The molecule has 0 fully saturated rings. The first-order valence-electron chi connectivity index (χ1n) is 5.95. The van der Waals surface area contributed by atoms with Gasteiger partial charge in [0.25, 0.3) is 0 Å².